The Morgan fingerprint density at radius 2 is 1.45 bits per heavy atom. The molecular weight excluding hydrogens is 253 g/mol. The van der Waals surface area contributed by atoms with Crippen LogP contribution in [0.4, 0.5) is 0 Å². The topological polar surface area (TPSA) is 64.7 Å². The number of nitrogens with two attached hydrogens (primary N) is 1. The Labute approximate surface area is 121 Å². The van der Waals surface area contributed by atoms with E-state index in [-0.39, 0.29) is 11.7 Å². The van der Waals surface area contributed by atoms with Gasteiger partial charge in [-0.05, 0) is 70.4 Å². The summed E-state index contributed by atoms with van der Waals surface area (Å²) in [5.41, 5.74) is 8.44. The second-order valence-corrected chi connectivity index (χ2v) is 6.64. The molecule has 0 amide bonds. The lowest BCUT2D eigenvalue weighted by Crippen LogP contribution is -2.41. The zero-order valence-corrected chi connectivity index (χ0v) is 13.2. The summed E-state index contributed by atoms with van der Waals surface area (Å²) in [5.74, 6) is -0.124. The van der Waals surface area contributed by atoms with Gasteiger partial charge in [0.2, 0.25) is 0 Å². The van der Waals surface area contributed by atoms with Gasteiger partial charge in [0.25, 0.3) is 0 Å². The van der Waals surface area contributed by atoms with E-state index < -0.39 is 18.3 Å². The number of hydrogen-bond acceptors (Lipinski definition) is 4. The molecule has 0 bridgehead atoms. The summed E-state index contributed by atoms with van der Waals surface area (Å²) in [6.07, 6.45) is 0. The summed E-state index contributed by atoms with van der Waals surface area (Å²) in [6, 6.07) is 3.43. The third kappa shape index (κ3) is 2.46. The van der Waals surface area contributed by atoms with Crippen LogP contribution in [0.1, 0.15) is 50.3 Å². The van der Waals surface area contributed by atoms with Crippen LogP contribution in [0.5, 0.6) is 5.75 Å². The number of aromatic hydroxyl groups is 1. The molecule has 4 nitrogen and oxygen atoms in total. The van der Waals surface area contributed by atoms with Crippen molar-refractivity contribution >= 4 is 7.12 Å². The van der Waals surface area contributed by atoms with Crippen molar-refractivity contribution in [2.45, 2.75) is 58.7 Å². The molecule has 0 saturated carbocycles. The highest BCUT2D eigenvalue weighted by molar-refractivity contribution is 6.47. The van der Waals surface area contributed by atoms with Crippen LogP contribution in [0.3, 0.4) is 0 Å². The predicted molar refractivity (Wildman–Crippen MR) is 80.6 cm³/mol. The highest BCUT2D eigenvalue weighted by Crippen LogP contribution is 2.40. The van der Waals surface area contributed by atoms with E-state index in [0.717, 1.165) is 16.7 Å². The van der Waals surface area contributed by atoms with Gasteiger partial charge in [-0.25, -0.2) is 0 Å². The Balaban J connectivity index is 2.33. The van der Waals surface area contributed by atoms with Gasteiger partial charge in [0, 0.05) is 0 Å². The largest absolute Gasteiger partial charge is 0.508 e. The van der Waals surface area contributed by atoms with Crippen molar-refractivity contribution in [2.24, 2.45) is 5.73 Å². The molecular formula is C15H24BNO3. The average molecular weight is 277 g/mol. The van der Waals surface area contributed by atoms with Crippen LogP contribution in [0, 0.1) is 13.8 Å². The van der Waals surface area contributed by atoms with E-state index in [9.17, 15) is 5.11 Å². The summed E-state index contributed by atoms with van der Waals surface area (Å²) in [6.45, 7) is 11.9. The molecule has 1 saturated heterocycles. The molecule has 1 aliphatic heterocycles. The molecule has 0 aromatic heterocycles. The quantitative estimate of drug-likeness (QED) is 0.816. The zero-order valence-electron chi connectivity index (χ0n) is 13.2. The molecule has 3 N–H and O–H groups in total. The zero-order chi connectivity index (χ0) is 15.3. The minimum atomic E-state index is -0.484. The van der Waals surface area contributed by atoms with Gasteiger partial charge >= 0.3 is 7.12 Å². The standard InChI is InChI=1S/C15H24BNO3/c1-9-7-11(18)8-10(2)12(9)13(17)16-19-14(3,4)15(5,6)20-16/h7-8,13,18H,17H2,1-6H3/t13-/m0/s1. The van der Waals surface area contributed by atoms with Crippen LogP contribution in [0.2, 0.25) is 0 Å². The second-order valence-electron chi connectivity index (χ2n) is 6.64. The maximum atomic E-state index is 9.63. The van der Waals surface area contributed by atoms with E-state index >= 15 is 0 Å². The van der Waals surface area contributed by atoms with Crippen LogP contribution in [-0.2, 0) is 9.31 Å². The summed E-state index contributed by atoms with van der Waals surface area (Å²) >= 11 is 0. The summed E-state index contributed by atoms with van der Waals surface area (Å²) in [4.78, 5) is 0. The molecule has 0 unspecified atom stereocenters. The second kappa shape index (κ2) is 4.76. The molecule has 0 spiro atoms. The van der Waals surface area contributed by atoms with Crippen LogP contribution >= 0.6 is 0 Å². The maximum absolute atomic E-state index is 9.63. The van der Waals surface area contributed by atoms with E-state index in [1.807, 2.05) is 41.5 Å². The van der Waals surface area contributed by atoms with Gasteiger partial charge in [0.05, 0.1) is 17.1 Å². The monoisotopic (exact) mass is 277 g/mol. The SMILES string of the molecule is Cc1cc(O)cc(C)c1[C@H](N)B1OC(C)(C)C(C)(C)O1. The van der Waals surface area contributed by atoms with Crippen LogP contribution in [0.25, 0.3) is 0 Å². The molecule has 1 aromatic rings. The summed E-state index contributed by atoms with van der Waals surface area (Å²) in [7, 11) is -0.484. The molecule has 2 rings (SSSR count). The van der Waals surface area contributed by atoms with E-state index in [4.69, 9.17) is 15.0 Å². The maximum Gasteiger partial charge on any atom is 0.480 e. The normalized spacial score (nSPS) is 22.1. The molecule has 1 aliphatic rings. The molecule has 1 heterocycles. The molecule has 0 radical (unpaired) electrons. The number of hydrogen-bond donors (Lipinski definition) is 2. The van der Waals surface area contributed by atoms with Crippen molar-refractivity contribution in [1.29, 1.82) is 0 Å². The van der Waals surface area contributed by atoms with Crippen molar-refractivity contribution in [3.05, 3.63) is 28.8 Å². The molecule has 1 aromatic carbocycles. The Hall–Kier alpha value is -1.04. The fraction of sp³-hybridized carbons (Fsp3) is 0.600. The van der Waals surface area contributed by atoms with Gasteiger partial charge in [0.15, 0.2) is 0 Å². The van der Waals surface area contributed by atoms with Crippen molar-refractivity contribution in [1.82, 2.24) is 0 Å². The number of benzene rings is 1. The Bertz CT molecular complexity index is 489. The van der Waals surface area contributed by atoms with E-state index in [1.54, 1.807) is 12.1 Å². The van der Waals surface area contributed by atoms with Crippen LogP contribution in [0.15, 0.2) is 12.1 Å². The third-order valence-corrected chi connectivity index (χ3v) is 4.48. The highest BCUT2D eigenvalue weighted by atomic mass is 16.7. The first-order chi connectivity index (χ1) is 9.05. The highest BCUT2D eigenvalue weighted by Gasteiger charge is 2.53. The Morgan fingerprint density at radius 3 is 1.85 bits per heavy atom. The van der Waals surface area contributed by atoms with Gasteiger partial charge in [-0.15, -0.1) is 0 Å². The summed E-state index contributed by atoms with van der Waals surface area (Å²) in [5, 5.41) is 9.63. The minimum absolute atomic E-state index is 0.255. The van der Waals surface area contributed by atoms with Crippen LogP contribution in [-0.4, -0.2) is 23.4 Å². The Morgan fingerprint density at radius 1 is 1.05 bits per heavy atom. The molecule has 20 heavy (non-hydrogen) atoms. The van der Waals surface area contributed by atoms with Gasteiger partial charge in [-0.2, -0.15) is 0 Å². The lowest BCUT2D eigenvalue weighted by molar-refractivity contribution is 0.00578. The molecule has 5 heteroatoms. The average Bonchev–Trinajstić information content (AvgIpc) is 2.46. The smallest absolute Gasteiger partial charge is 0.480 e. The van der Waals surface area contributed by atoms with Crippen molar-refractivity contribution in [3.63, 3.8) is 0 Å². The lowest BCUT2D eigenvalue weighted by atomic mass is 9.72. The molecule has 1 atom stereocenters. The number of rotatable bonds is 2. The number of aryl methyl sites for hydroxylation is 2. The number of phenolic OH excluding ortho intramolecular Hbond substituents is 1. The van der Waals surface area contributed by atoms with Crippen LogP contribution < -0.4 is 5.73 Å². The van der Waals surface area contributed by atoms with Gasteiger partial charge in [-0.3, -0.25) is 0 Å². The fourth-order valence-corrected chi connectivity index (χ4v) is 2.65. The van der Waals surface area contributed by atoms with Crippen molar-refractivity contribution in [3.8, 4) is 5.75 Å². The van der Waals surface area contributed by atoms with Gasteiger partial charge < -0.3 is 20.1 Å². The van der Waals surface area contributed by atoms with E-state index in [0.29, 0.717) is 0 Å². The molecule has 1 fully saturated rings. The molecule has 0 aliphatic carbocycles. The first-order valence-corrected chi connectivity index (χ1v) is 6.96. The van der Waals surface area contributed by atoms with Gasteiger partial charge in [0.1, 0.15) is 5.75 Å². The van der Waals surface area contributed by atoms with Crippen molar-refractivity contribution in [2.75, 3.05) is 0 Å². The van der Waals surface area contributed by atoms with Gasteiger partial charge in [-0.1, -0.05) is 0 Å². The predicted octanol–water partition coefficient (Wildman–Crippen LogP) is 2.64. The Kier molecular flexibility index (Phi) is 3.65. The first-order valence-electron chi connectivity index (χ1n) is 6.96. The van der Waals surface area contributed by atoms with E-state index in [1.165, 1.54) is 0 Å². The molecule has 110 valence electrons. The van der Waals surface area contributed by atoms with Crippen molar-refractivity contribution < 1.29 is 14.4 Å². The summed E-state index contributed by atoms with van der Waals surface area (Å²) < 4.78 is 12.0. The van der Waals surface area contributed by atoms with E-state index in [2.05, 4.69) is 0 Å². The lowest BCUT2D eigenvalue weighted by Gasteiger charge is -2.32. The number of phenols is 1. The minimum Gasteiger partial charge on any atom is -0.508 e. The fourth-order valence-electron chi connectivity index (χ4n) is 2.65. The first kappa shape index (κ1) is 15.4. The third-order valence-electron chi connectivity index (χ3n) is 4.48.